The standard InChI is InChI=1S/C13H13ClN2O2/c14-12(17)10-6-7-11(15-8-10)16-13(18)9-4-2-1-3-5-9/h1-2,6-9H,3-5H2,(H,15,16,18). The second-order valence-electron chi connectivity index (χ2n) is 4.18. The number of rotatable bonds is 3. The van der Waals surface area contributed by atoms with E-state index in [2.05, 4.69) is 16.4 Å². The van der Waals surface area contributed by atoms with Gasteiger partial charge in [-0.3, -0.25) is 9.59 Å². The van der Waals surface area contributed by atoms with Crippen LogP contribution >= 0.6 is 11.6 Å². The summed E-state index contributed by atoms with van der Waals surface area (Å²) in [6.45, 7) is 0. The number of halogens is 1. The summed E-state index contributed by atoms with van der Waals surface area (Å²) in [7, 11) is 0. The Bertz CT molecular complexity index is 482. The minimum atomic E-state index is -0.558. The van der Waals surface area contributed by atoms with Gasteiger partial charge in [-0.25, -0.2) is 4.98 Å². The average Bonchev–Trinajstić information content (AvgIpc) is 2.40. The van der Waals surface area contributed by atoms with E-state index in [4.69, 9.17) is 11.6 Å². The monoisotopic (exact) mass is 264 g/mol. The van der Waals surface area contributed by atoms with E-state index in [-0.39, 0.29) is 11.8 Å². The average molecular weight is 265 g/mol. The lowest BCUT2D eigenvalue weighted by atomic mass is 9.94. The van der Waals surface area contributed by atoms with E-state index in [1.54, 1.807) is 12.1 Å². The molecule has 1 aliphatic carbocycles. The third-order valence-corrected chi connectivity index (χ3v) is 3.10. The van der Waals surface area contributed by atoms with Gasteiger partial charge >= 0.3 is 0 Å². The van der Waals surface area contributed by atoms with E-state index in [1.807, 2.05) is 6.08 Å². The molecule has 0 aliphatic heterocycles. The van der Waals surface area contributed by atoms with Crippen LogP contribution in [0.4, 0.5) is 5.82 Å². The van der Waals surface area contributed by atoms with E-state index in [0.29, 0.717) is 11.4 Å². The molecule has 0 saturated heterocycles. The van der Waals surface area contributed by atoms with Crippen molar-refractivity contribution in [3.8, 4) is 0 Å². The SMILES string of the molecule is O=C(Cl)c1ccc(NC(=O)C2CC=CCC2)nc1. The van der Waals surface area contributed by atoms with Gasteiger partial charge in [-0.1, -0.05) is 12.2 Å². The van der Waals surface area contributed by atoms with Crippen molar-refractivity contribution < 1.29 is 9.59 Å². The topological polar surface area (TPSA) is 59.1 Å². The van der Waals surface area contributed by atoms with Crippen LogP contribution in [0, 0.1) is 5.92 Å². The number of carbonyl (C=O) groups excluding carboxylic acids is 2. The molecule has 2 rings (SSSR count). The number of aromatic nitrogens is 1. The van der Waals surface area contributed by atoms with Crippen LogP contribution in [0.25, 0.3) is 0 Å². The fraction of sp³-hybridized carbons (Fsp3) is 0.308. The third-order valence-electron chi connectivity index (χ3n) is 2.88. The molecule has 0 fully saturated rings. The summed E-state index contributed by atoms with van der Waals surface area (Å²) in [5.41, 5.74) is 0.315. The summed E-state index contributed by atoms with van der Waals surface area (Å²) < 4.78 is 0. The van der Waals surface area contributed by atoms with Gasteiger partial charge in [0.25, 0.3) is 5.24 Å². The van der Waals surface area contributed by atoms with E-state index < -0.39 is 5.24 Å². The van der Waals surface area contributed by atoms with Gasteiger partial charge in [0, 0.05) is 12.1 Å². The van der Waals surface area contributed by atoms with Crippen molar-refractivity contribution in [1.82, 2.24) is 4.98 Å². The first-order valence-corrected chi connectivity index (χ1v) is 6.16. The lowest BCUT2D eigenvalue weighted by molar-refractivity contribution is -0.120. The maximum absolute atomic E-state index is 11.9. The van der Waals surface area contributed by atoms with Gasteiger partial charge in [0.05, 0.1) is 5.56 Å². The highest BCUT2D eigenvalue weighted by molar-refractivity contribution is 6.67. The zero-order chi connectivity index (χ0) is 13.0. The summed E-state index contributed by atoms with van der Waals surface area (Å²) in [5, 5.41) is 2.18. The van der Waals surface area contributed by atoms with E-state index in [1.165, 1.54) is 6.20 Å². The highest BCUT2D eigenvalue weighted by Crippen LogP contribution is 2.19. The molecule has 1 unspecified atom stereocenters. The lowest BCUT2D eigenvalue weighted by Crippen LogP contribution is -2.24. The molecule has 18 heavy (non-hydrogen) atoms. The Hall–Kier alpha value is -1.68. The first-order chi connectivity index (χ1) is 8.66. The van der Waals surface area contributed by atoms with Gasteiger partial charge in [0.2, 0.25) is 5.91 Å². The largest absolute Gasteiger partial charge is 0.310 e. The molecule has 1 heterocycles. The van der Waals surface area contributed by atoms with Gasteiger partial charge in [0.15, 0.2) is 0 Å². The molecule has 94 valence electrons. The number of amides is 1. The highest BCUT2D eigenvalue weighted by atomic mass is 35.5. The quantitative estimate of drug-likeness (QED) is 0.675. The number of carbonyl (C=O) groups is 2. The molecule has 1 aromatic heterocycles. The second-order valence-corrected chi connectivity index (χ2v) is 4.52. The summed E-state index contributed by atoms with van der Waals surface area (Å²) in [6, 6.07) is 3.12. The van der Waals surface area contributed by atoms with Crippen LogP contribution in [0.2, 0.25) is 0 Å². The Morgan fingerprint density at radius 1 is 1.33 bits per heavy atom. The van der Waals surface area contributed by atoms with Crippen LogP contribution < -0.4 is 5.32 Å². The van der Waals surface area contributed by atoms with Gasteiger partial charge in [-0.15, -0.1) is 0 Å². The molecule has 1 N–H and O–H groups in total. The molecular formula is C13H13ClN2O2. The lowest BCUT2D eigenvalue weighted by Gasteiger charge is -2.16. The molecule has 5 heteroatoms. The van der Waals surface area contributed by atoms with Crippen LogP contribution in [-0.2, 0) is 4.79 Å². The van der Waals surface area contributed by atoms with E-state index in [9.17, 15) is 9.59 Å². The van der Waals surface area contributed by atoms with Gasteiger partial charge in [-0.05, 0) is 43.0 Å². The Balaban J connectivity index is 1.98. The van der Waals surface area contributed by atoms with Crippen molar-refractivity contribution in [3.05, 3.63) is 36.0 Å². The fourth-order valence-corrected chi connectivity index (χ4v) is 1.96. The van der Waals surface area contributed by atoms with Crippen LogP contribution in [0.3, 0.4) is 0 Å². The van der Waals surface area contributed by atoms with Gasteiger partial charge in [-0.2, -0.15) is 0 Å². The Kier molecular flexibility index (Phi) is 4.10. The van der Waals surface area contributed by atoms with Crippen molar-refractivity contribution >= 4 is 28.6 Å². The number of pyridine rings is 1. The van der Waals surface area contributed by atoms with Gasteiger partial charge < -0.3 is 5.32 Å². The summed E-state index contributed by atoms with van der Waals surface area (Å²) in [4.78, 5) is 26.7. The Morgan fingerprint density at radius 3 is 2.72 bits per heavy atom. The molecule has 0 aromatic carbocycles. The number of hydrogen-bond donors (Lipinski definition) is 1. The third kappa shape index (κ3) is 3.17. The molecule has 0 bridgehead atoms. The summed E-state index contributed by atoms with van der Waals surface area (Å²) >= 11 is 5.31. The van der Waals surface area contributed by atoms with Crippen molar-refractivity contribution in [2.75, 3.05) is 5.32 Å². The van der Waals surface area contributed by atoms with Crippen molar-refractivity contribution in [2.45, 2.75) is 19.3 Å². The number of anilines is 1. The molecule has 1 aliphatic rings. The van der Waals surface area contributed by atoms with E-state index >= 15 is 0 Å². The molecule has 1 atom stereocenters. The second kappa shape index (κ2) is 5.78. The van der Waals surface area contributed by atoms with Crippen molar-refractivity contribution in [3.63, 3.8) is 0 Å². The first kappa shape index (κ1) is 12.8. The predicted octanol–water partition coefficient (Wildman–Crippen LogP) is 2.76. The van der Waals surface area contributed by atoms with Gasteiger partial charge in [0.1, 0.15) is 5.82 Å². The van der Waals surface area contributed by atoms with Crippen LogP contribution in [0.5, 0.6) is 0 Å². The van der Waals surface area contributed by atoms with Crippen molar-refractivity contribution in [2.24, 2.45) is 5.92 Å². The van der Waals surface area contributed by atoms with Crippen LogP contribution in [-0.4, -0.2) is 16.1 Å². The van der Waals surface area contributed by atoms with Crippen LogP contribution in [0.1, 0.15) is 29.6 Å². The minimum absolute atomic E-state index is 0.00568. The normalized spacial score (nSPS) is 18.4. The number of nitrogens with one attached hydrogen (secondary N) is 1. The predicted molar refractivity (Wildman–Crippen MR) is 69.5 cm³/mol. The minimum Gasteiger partial charge on any atom is -0.310 e. The Morgan fingerprint density at radius 2 is 2.17 bits per heavy atom. The maximum atomic E-state index is 11.9. The fourth-order valence-electron chi connectivity index (χ4n) is 1.84. The first-order valence-electron chi connectivity index (χ1n) is 5.78. The molecule has 0 radical (unpaired) electrons. The summed E-state index contributed by atoms with van der Waals surface area (Å²) in [5.74, 6) is 0.416. The Labute approximate surface area is 110 Å². The number of nitrogens with zero attached hydrogens (tertiary/aromatic N) is 1. The number of allylic oxidation sites excluding steroid dienone is 2. The maximum Gasteiger partial charge on any atom is 0.253 e. The smallest absolute Gasteiger partial charge is 0.253 e. The molecule has 0 spiro atoms. The zero-order valence-corrected chi connectivity index (χ0v) is 10.5. The van der Waals surface area contributed by atoms with Crippen molar-refractivity contribution in [1.29, 1.82) is 0 Å². The number of hydrogen-bond acceptors (Lipinski definition) is 3. The molecule has 4 nitrogen and oxygen atoms in total. The molecule has 1 amide bonds. The molecule has 0 saturated carbocycles. The van der Waals surface area contributed by atoms with E-state index in [0.717, 1.165) is 19.3 Å². The molecular weight excluding hydrogens is 252 g/mol. The highest BCUT2D eigenvalue weighted by Gasteiger charge is 2.18. The summed E-state index contributed by atoms with van der Waals surface area (Å²) in [6.07, 6.45) is 8.03. The van der Waals surface area contributed by atoms with Crippen LogP contribution in [0.15, 0.2) is 30.5 Å². The zero-order valence-electron chi connectivity index (χ0n) is 9.73. The molecule has 1 aromatic rings.